The third kappa shape index (κ3) is 4.62. The average Bonchev–Trinajstić information content (AvgIpc) is 2.24. The lowest BCUT2D eigenvalue weighted by molar-refractivity contribution is -0.120. The Labute approximate surface area is 111 Å². The maximum atomic E-state index is 11.6. The Bertz CT molecular complexity index is 455. The van der Waals surface area contributed by atoms with Crippen molar-refractivity contribution in [1.29, 1.82) is 0 Å². The first-order valence-electron chi connectivity index (χ1n) is 5.46. The van der Waals surface area contributed by atoms with Crippen molar-refractivity contribution in [2.75, 3.05) is 11.9 Å². The van der Waals surface area contributed by atoms with E-state index >= 15 is 0 Å². The molecule has 1 aromatic rings. The summed E-state index contributed by atoms with van der Waals surface area (Å²) < 4.78 is 0. The SMILES string of the molecule is CC(C)(C)NC(=O)CNc1nnccc1C(N)=S. The van der Waals surface area contributed by atoms with Gasteiger partial charge in [0.05, 0.1) is 18.3 Å². The minimum atomic E-state index is -0.271. The van der Waals surface area contributed by atoms with Crippen LogP contribution in [0.15, 0.2) is 12.3 Å². The summed E-state index contributed by atoms with van der Waals surface area (Å²) in [6.07, 6.45) is 1.49. The van der Waals surface area contributed by atoms with E-state index in [9.17, 15) is 4.79 Å². The molecule has 1 heterocycles. The van der Waals surface area contributed by atoms with Gasteiger partial charge in [-0.15, -0.1) is 5.10 Å². The number of nitrogens with two attached hydrogens (primary N) is 1. The molecule has 6 nitrogen and oxygen atoms in total. The maximum Gasteiger partial charge on any atom is 0.239 e. The van der Waals surface area contributed by atoms with Crippen molar-refractivity contribution in [1.82, 2.24) is 15.5 Å². The molecule has 1 aromatic heterocycles. The molecule has 7 heteroatoms. The van der Waals surface area contributed by atoms with Gasteiger partial charge in [-0.3, -0.25) is 4.79 Å². The second-order valence-electron chi connectivity index (χ2n) is 4.81. The molecule has 0 fully saturated rings. The molecule has 0 atom stereocenters. The van der Waals surface area contributed by atoms with Gasteiger partial charge in [-0.1, -0.05) is 12.2 Å². The second-order valence-corrected chi connectivity index (χ2v) is 5.25. The molecule has 0 aliphatic rings. The molecule has 1 amide bonds. The van der Waals surface area contributed by atoms with Gasteiger partial charge in [0.25, 0.3) is 0 Å². The molecule has 98 valence electrons. The van der Waals surface area contributed by atoms with Crippen molar-refractivity contribution in [3.8, 4) is 0 Å². The zero-order chi connectivity index (χ0) is 13.8. The van der Waals surface area contributed by atoms with Crippen molar-refractivity contribution in [3.05, 3.63) is 17.8 Å². The number of carbonyl (C=O) groups is 1. The van der Waals surface area contributed by atoms with Crippen LogP contribution in [0.4, 0.5) is 5.82 Å². The Hall–Kier alpha value is -1.76. The Morgan fingerprint density at radius 1 is 1.50 bits per heavy atom. The maximum absolute atomic E-state index is 11.6. The number of thiocarbonyl (C=S) groups is 1. The molecule has 1 rings (SSSR count). The van der Waals surface area contributed by atoms with Crippen LogP contribution in [0.1, 0.15) is 26.3 Å². The molecule has 0 saturated carbocycles. The standard InChI is InChI=1S/C11H17N5OS/c1-11(2,3)15-8(17)6-13-10-7(9(12)18)4-5-14-16-10/h4-5H,6H2,1-3H3,(H2,12,18)(H,13,16)(H,15,17). The summed E-state index contributed by atoms with van der Waals surface area (Å²) in [6.45, 7) is 5.82. The number of nitrogens with one attached hydrogen (secondary N) is 2. The monoisotopic (exact) mass is 267 g/mol. The zero-order valence-corrected chi connectivity index (χ0v) is 11.5. The lowest BCUT2D eigenvalue weighted by atomic mass is 10.1. The molecule has 18 heavy (non-hydrogen) atoms. The largest absolute Gasteiger partial charge is 0.389 e. The summed E-state index contributed by atoms with van der Waals surface area (Å²) in [5.74, 6) is 0.274. The minimum Gasteiger partial charge on any atom is -0.389 e. The van der Waals surface area contributed by atoms with Crippen molar-refractivity contribution < 1.29 is 4.79 Å². The topological polar surface area (TPSA) is 92.9 Å². The Balaban J connectivity index is 2.64. The lowest BCUT2D eigenvalue weighted by Gasteiger charge is -2.20. The van der Waals surface area contributed by atoms with Gasteiger partial charge in [-0.05, 0) is 26.8 Å². The number of carbonyl (C=O) groups excluding carboxylic acids is 1. The van der Waals surface area contributed by atoms with Gasteiger partial charge in [-0.2, -0.15) is 5.10 Å². The second kappa shape index (κ2) is 5.72. The molecular weight excluding hydrogens is 250 g/mol. The molecular formula is C11H17N5OS. The van der Waals surface area contributed by atoms with Crippen LogP contribution in [0, 0.1) is 0 Å². The van der Waals surface area contributed by atoms with Gasteiger partial charge < -0.3 is 16.4 Å². The fraction of sp³-hybridized carbons (Fsp3) is 0.455. The first kappa shape index (κ1) is 14.3. The van der Waals surface area contributed by atoms with Crippen LogP contribution in [0.3, 0.4) is 0 Å². The van der Waals surface area contributed by atoms with E-state index in [0.29, 0.717) is 11.4 Å². The fourth-order valence-electron chi connectivity index (χ4n) is 1.29. The summed E-state index contributed by atoms with van der Waals surface area (Å²) in [5, 5.41) is 13.3. The predicted octanol–water partition coefficient (Wildman–Crippen LogP) is 0.437. The molecule has 0 aromatic carbocycles. The van der Waals surface area contributed by atoms with Gasteiger partial charge in [-0.25, -0.2) is 0 Å². The zero-order valence-electron chi connectivity index (χ0n) is 10.7. The van der Waals surface area contributed by atoms with E-state index in [1.165, 1.54) is 6.20 Å². The molecule has 0 spiro atoms. The molecule has 0 bridgehead atoms. The van der Waals surface area contributed by atoms with Crippen LogP contribution in [0.25, 0.3) is 0 Å². The first-order chi connectivity index (χ1) is 8.29. The normalized spacial score (nSPS) is 10.8. The van der Waals surface area contributed by atoms with E-state index in [0.717, 1.165) is 0 Å². The Morgan fingerprint density at radius 3 is 2.72 bits per heavy atom. The van der Waals surface area contributed by atoms with Crippen LogP contribution in [0.5, 0.6) is 0 Å². The van der Waals surface area contributed by atoms with Gasteiger partial charge in [0.1, 0.15) is 4.99 Å². The predicted molar refractivity (Wildman–Crippen MR) is 74.3 cm³/mol. The molecule has 0 aliphatic carbocycles. The van der Waals surface area contributed by atoms with Crippen LogP contribution < -0.4 is 16.4 Å². The van der Waals surface area contributed by atoms with Crippen molar-refractivity contribution >= 4 is 28.9 Å². The lowest BCUT2D eigenvalue weighted by Crippen LogP contribution is -2.43. The highest BCUT2D eigenvalue weighted by atomic mass is 32.1. The highest BCUT2D eigenvalue weighted by Crippen LogP contribution is 2.09. The van der Waals surface area contributed by atoms with Crippen molar-refractivity contribution in [3.63, 3.8) is 0 Å². The number of aromatic nitrogens is 2. The highest BCUT2D eigenvalue weighted by molar-refractivity contribution is 7.80. The van der Waals surface area contributed by atoms with Crippen LogP contribution in [0.2, 0.25) is 0 Å². The number of hydrogen-bond acceptors (Lipinski definition) is 5. The first-order valence-corrected chi connectivity index (χ1v) is 5.87. The van der Waals surface area contributed by atoms with Gasteiger partial charge >= 0.3 is 0 Å². The smallest absolute Gasteiger partial charge is 0.239 e. The average molecular weight is 267 g/mol. The molecule has 4 N–H and O–H groups in total. The van der Waals surface area contributed by atoms with Crippen LogP contribution in [-0.4, -0.2) is 33.2 Å². The van der Waals surface area contributed by atoms with E-state index < -0.39 is 0 Å². The molecule has 0 saturated heterocycles. The van der Waals surface area contributed by atoms with Crippen LogP contribution in [-0.2, 0) is 4.79 Å². The summed E-state index contributed by atoms with van der Waals surface area (Å²) >= 11 is 4.89. The summed E-state index contributed by atoms with van der Waals surface area (Å²) in [4.78, 5) is 11.8. The van der Waals surface area contributed by atoms with E-state index in [4.69, 9.17) is 18.0 Å². The summed E-state index contributed by atoms with van der Waals surface area (Å²) in [7, 11) is 0. The Kier molecular flexibility index (Phi) is 4.55. The molecule has 0 aliphatic heterocycles. The third-order valence-corrected chi connectivity index (χ3v) is 2.14. The molecule has 0 unspecified atom stereocenters. The number of nitrogens with zero attached hydrogens (tertiary/aromatic N) is 2. The van der Waals surface area contributed by atoms with Gasteiger partial charge in [0.15, 0.2) is 5.82 Å². The van der Waals surface area contributed by atoms with Crippen molar-refractivity contribution in [2.24, 2.45) is 5.73 Å². The van der Waals surface area contributed by atoms with Crippen LogP contribution >= 0.6 is 12.2 Å². The van der Waals surface area contributed by atoms with Crippen molar-refractivity contribution in [2.45, 2.75) is 26.3 Å². The number of hydrogen-bond donors (Lipinski definition) is 3. The third-order valence-electron chi connectivity index (χ3n) is 1.92. The highest BCUT2D eigenvalue weighted by Gasteiger charge is 2.14. The van der Waals surface area contributed by atoms with E-state index in [-0.39, 0.29) is 23.0 Å². The number of anilines is 1. The fourth-order valence-corrected chi connectivity index (χ4v) is 1.45. The minimum absolute atomic E-state index is 0.0889. The quantitative estimate of drug-likeness (QED) is 0.685. The van der Waals surface area contributed by atoms with E-state index in [1.807, 2.05) is 20.8 Å². The van der Waals surface area contributed by atoms with E-state index in [2.05, 4.69) is 20.8 Å². The van der Waals surface area contributed by atoms with E-state index in [1.54, 1.807) is 6.07 Å². The Morgan fingerprint density at radius 2 is 2.17 bits per heavy atom. The summed E-state index contributed by atoms with van der Waals surface area (Å²) in [6, 6.07) is 1.65. The molecule has 0 radical (unpaired) electrons. The summed E-state index contributed by atoms with van der Waals surface area (Å²) in [5.41, 5.74) is 5.85. The van der Waals surface area contributed by atoms with Gasteiger partial charge in [0, 0.05) is 5.54 Å². The number of rotatable bonds is 4. The van der Waals surface area contributed by atoms with Gasteiger partial charge in [0.2, 0.25) is 5.91 Å². The number of amides is 1.